The van der Waals surface area contributed by atoms with Crippen LogP contribution in [0, 0.1) is 0 Å². The van der Waals surface area contributed by atoms with Gasteiger partial charge in [0, 0.05) is 0 Å². The zero-order chi connectivity index (χ0) is 10.1. The molecule has 2 aromatic rings. The fraction of sp³-hybridized carbons (Fsp3) is 0.111. The summed E-state index contributed by atoms with van der Waals surface area (Å²) in [4.78, 5) is 14.5. The highest BCUT2D eigenvalue weighted by molar-refractivity contribution is 9.10. The molecule has 3 nitrogen and oxygen atoms in total. The predicted molar refractivity (Wildman–Crippen MR) is 57.7 cm³/mol. The standard InChI is InChI=1S/C9H6BrClN2O/c10-7-3-1-2-6-9(11)12-8(4-5-14)13(6)7/h1-3,5H,4H2. The molecule has 14 heavy (non-hydrogen) atoms. The lowest BCUT2D eigenvalue weighted by Gasteiger charge is -1.99. The summed E-state index contributed by atoms with van der Waals surface area (Å²) in [5.74, 6) is 0.646. The maximum atomic E-state index is 10.4. The normalized spacial score (nSPS) is 10.7. The van der Waals surface area contributed by atoms with E-state index in [0.29, 0.717) is 11.0 Å². The number of halogens is 2. The number of hydrogen-bond donors (Lipinski definition) is 0. The van der Waals surface area contributed by atoms with Gasteiger partial charge in [-0.25, -0.2) is 4.98 Å². The smallest absolute Gasteiger partial charge is 0.155 e. The average Bonchev–Trinajstić information content (AvgIpc) is 2.46. The Kier molecular flexibility index (Phi) is 2.56. The van der Waals surface area contributed by atoms with Crippen LogP contribution < -0.4 is 0 Å². The Balaban J connectivity index is 2.78. The van der Waals surface area contributed by atoms with Crippen molar-refractivity contribution in [1.82, 2.24) is 9.38 Å². The highest BCUT2D eigenvalue weighted by atomic mass is 79.9. The molecule has 72 valence electrons. The zero-order valence-electron chi connectivity index (χ0n) is 7.08. The molecule has 0 fully saturated rings. The van der Waals surface area contributed by atoms with E-state index in [2.05, 4.69) is 20.9 Å². The number of aldehydes is 1. The molecule has 0 aromatic carbocycles. The SMILES string of the molecule is O=CCc1nc(Cl)c2cccc(Br)n12. The lowest BCUT2D eigenvalue weighted by molar-refractivity contribution is -0.107. The number of fused-ring (bicyclic) bond motifs is 1. The first-order valence-corrected chi connectivity index (χ1v) is 5.16. The van der Waals surface area contributed by atoms with Crippen molar-refractivity contribution in [3.63, 3.8) is 0 Å². The third-order valence-corrected chi connectivity index (χ3v) is 2.80. The lowest BCUT2D eigenvalue weighted by Crippen LogP contribution is -1.96. The van der Waals surface area contributed by atoms with E-state index >= 15 is 0 Å². The van der Waals surface area contributed by atoms with Gasteiger partial charge >= 0.3 is 0 Å². The number of pyridine rings is 1. The van der Waals surface area contributed by atoms with Gasteiger partial charge in [0.2, 0.25) is 0 Å². The molecule has 5 heteroatoms. The molecule has 0 saturated carbocycles. The van der Waals surface area contributed by atoms with Crippen LogP contribution >= 0.6 is 27.5 Å². The summed E-state index contributed by atoms with van der Waals surface area (Å²) >= 11 is 9.30. The summed E-state index contributed by atoms with van der Waals surface area (Å²) in [6, 6.07) is 5.60. The number of nitrogens with zero attached hydrogens (tertiary/aromatic N) is 2. The van der Waals surface area contributed by atoms with Gasteiger partial charge in [-0.05, 0) is 28.1 Å². The average molecular weight is 274 g/mol. The fourth-order valence-electron chi connectivity index (χ4n) is 1.34. The molecule has 2 heterocycles. The van der Waals surface area contributed by atoms with E-state index < -0.39 is 0 Å². The summed E-state index contributed by atoms with van der Waals surface area (Å²) in [7, 11) is 0. The van der Waals surface area contributed by atoms with Crippen molar-refractivity contribution in [1.29, 1.82) is 0 Å². The molecule has 0 amide bonds. The fourth-order valence-corrected chi connectivity index (χ4v) is 2.13. The quantitative estimate of drug-likeness (QED) is 0.622. The van der Waals surface area contributed by atoms with Crippen LogP contribution in [-0.4, -0.2) is 15.7 Å². The molecule has 0 spiro atoms. The minimum Gasteiger partial charge on any atom is -0.303 e. The number of hydrogen-bond acceptors (Lipinski definition) is 2. The van der Waals surface area contributed by atoms with E-state index in [1.165, 1.54) is 0 Å². The number of rotatable bonds is 2. The zero-order valence-corrected chi connectivity index (χ0v) is 9.42. The van der Waals surface area contributed by atoms with Crippen LogP contribution in [0.5, 0.6) is 0 Å². The van der Waals surface area contributed by atoms with Gasteiger partial charge < -0.3 is 4.79 Å². The Morgan fingerprint density at radius 1 is 1.57 bits per heavy atom. The van der Waals surface area contributed by atoms with Gasteiger partial charge in [-0.3, -0.25) is 4.40 Å². The number of carbonyl (C=O) groups is 1. The summed E-state index contributed by atoms with van der Waals surface area (Å²) in [6.07, 6.45) is 1.07. The Morgan fingerprint density at radius 2 is 2.36 bits per heavy atom. The highest BCUT2D eigenvalue weighted by Crippen LogP contribution is 2.22. The van der Waals surface area contributed by atoms with Crippen LogP contribution in [0.4, 0.5) is 0 Å². The number of imidazole rings is 1. The first-order valence-electron chi connectivity index (χ1n) is 3.99. The van der Waals surface area contributed by atoms with Gasteiger partial charge in [0.25, 0.3) is 0 Å². The number of carbonyl (C=O) groups excluding carboxylic acids is 1. The molecule has 0 N–H and O–H groups in total. The van der Waals surface area contributed by atoms with E-state index in [1.807, 2.05) is 22.6 Å². The second-order valence-electron chi connectivity index (χ2n) is 2.76. The topological polar surface area (TPSA) is 34.4 Å². The first-order chi connectivity index (χ1) is 6.74. The van der Waals surface area contributed by atoms with Crippen molar-refractivity contribution < 1.29 is 4.79 Å². The van der Waals surface area contributed by atoms with Crippen LogP contribution in [0.2, 0.25) is 5.15 Å². The summed E-state index contributed by atoms with van der Waals surface area (Å²) < 4.78 is 2.66. The van der Waals surface area contributed by atoms with Crippen molar-refractivity contribution in [2.24, 2.45) is 0 Å². The minimum atomic E-state index is 0.260. The Hall–Kier alpha value is -0.870. The van der Waals surface area contributed by atoms with Crippen molar-refractivity contribution in [3.8, 4) is 0 Å². The maximum absolute atomic E-state index is 10.4. The minimum absolute atomic E-state index is 0.260. The third-order valence-electron chi connectivity index (χ3n) is 1.90. The third kappa shape index (κ3) is 1.44. The second-order valence-corrected chi connectivity index (χ2v) is 3.93. The maximum Gasteiger partial charge on any atom is 0.155 e. The van der Waals surface area contributed by atoms with Crippen LogP contribution in [0.1, 0.15) is 5.82 Å². The second kappa shape index (κ2) is 3.71. The Bertz CT molecular complexity index is 495. The van der Waals surface area contributed by atoms with Crippen molar-refractivity contribution >= 4 is 39.3 Å². The van der Waals surface area contributed by atoms with Crippen molar-refractivity contribution in [3.05, 3.63) is 33.8 Å². The lowest BCUT2D eigenvalue weighted by atomic mass is 10.4. The van der Waals surface area contributed by atoms with Crippen molar-refractivity contribution in [2.75, 3.05) is 0 Å². The predicted octanol–water partition coefficient (Wildman–Crippen LogP) is 2.49. The van der Waals surface area contributed by atoms with Crippen LogP contribution in [-0.2, 0) is 11.2 Å². The molecule has 0 saturated heterocycles. The monoisotopic (exact) mass is 272 g/mol. The summed E-state index contributed by atoms with van der Waals surface area (Å²) in [5.41, 5.74) is 0.804. The first kappa shape index (κ1) is 9.68. The highest BCUT2D eigenvalue weighted by Gasteiger charge is 2.10. The van der Waals surface area contributed by atoms with Gasteiger partial charge in [-0.15, -0.1) is 0 Å². The number of aromatic nitrogens is 2. The Morgan fingerprint density at radius 3 is 3.07 bits per heavy atom. The van der Waals surface area contributed by atoms with Gasteiger partial charge in [0.15, 0.2) is 5.15 Å². The molecule has 0 aliphatic heterocycles. The van der Waals surface area contributed by atoms with Gasteiger partial charge in [0.1, 0.15) is 12.1 Å². The Labute approximate surface area is 93.8 Å². The summed E-state index contributed by atoms with van der Waals surface area (Å²) in [6.45, 7) is 0. The largest absolute Gasteiger partial charge is 0.303 e. The molecule has 0 bridgehead atoms. The van der Waals surface area contributed by atoms with Gasteiger partial charge in [-0.2, -0.15) is 0 Å². The van der Waals surface area contributed by atoms with E-state index in [4.69, 9.17) is 11.6 Å². The van der Waals surface area contributed by atoms with Crippen molar-refractivity contribution in [2.45, 2.75) is 6.42 Å². The van der Waals surface area contributed by atoms with E-state index in [-0.39, 0.29) is 6.42 Å². The van der Waals surface area contributed by atoms with Crippen LogP contribution in [0.15, 0.2) is 22.8 Å². The van der Waals surface area contributed by atoms with Crippen LogP contribution in [0.25, 0.3) is 5.52 Å². The molecule has 0 unspecified atom stereocenters. The molecular formula is C9H6BrClN2O. The molecular weight excluding hydrogens is 267 g/mol. The van der Waals surface area contributed by atoms with Gasteiger partial charge in [-0.1, -0.05) is 17.7 Å². The van der Waals surface area contributed by atoms with Crippen LogP contribution in [0.3, 0.4) is 0 Å². The molecule has 0 aliphatic carbocycles. The molecule has 0 atom stereocenters. The summed E-state index contributed by atoms with van der Waals surface area (Å²) in [5, 5.41) is 0.420. The van der Waals surface area contributed by atoms with E-state index in [9.17, 15) is 4.79 Å². The van der Waals surface area contributed by atoms with E-state index in [0.717, 1.165) is 16.4 Å². The molecule has 2 aromatic heterocycles. The molecule has 2 rings (SSSR count). The van der Waals surface area contributed by atoms with Gasteiger partial charge in [0.05, 0.1) is 16.5 Å². The molecule has 0 radical (unpaired) electrons. The van der Waals surface area contributed by atoms with E-state index in [1.54, 1.807) is 0 Å². The molecule has 0 aliphatic rings.